The van der Waals surface area contributed by atoms with Gasteiger partial charge in [0.05, 0.1) is 7.11 Å². The lowest BCUT2D eigenvalue weighted by molar-refractivity contribution is 0.0579. The van der Waals surface area contributed by atoms with E-state index in [0.29, 0.717) is 11.4 Å². The quantitative estimate of drug-likeness (QED) is 0.488. The lowest BCUT2D eigenvalue weighted by Crippen LogP contribution is -2.41. The van der Waals surface area contributed by atoms with Crippen molar-refractivity contribution in [2.45, 2.75) is 26.4 Å². The number of rotatable bonds is 2. The molecule has 0 aliphatic carbocycles. The molecule has 0 fully saturated rings. The highest BCUT2D eigenvalue weighted by atomic mass is 16.6. The average Bonchev–Trinajstić information content (AvgIpc) is 2.25. The number of benzene rings is 1. The zero-order chi connectivity index (χ0) is 13.1. The molecule has 0 saturated heterocycles. The van der Waals surface area contributed by atoms with Crippen LogP contribution >= 0.6 is 0 Å². The Hall–Kier alpha value is -1.75. The summed E-state index contributed by atoms with van der Waals surface area (Å²) in [7, 11) is 1.52. The Morgan fingerprint density at radius 3 is 2.41 bits per heavy atom. The normalized spacial score (nSPS) is 10.9. The second kappa shape index (κ2) is 5.05. The van der Waals surface area contributed by atoms with Gasteiger partial charge in [-0.2, -0.15) is 0 Å². The Balaban J connectivity index is 2.89. The number of hydrazine groups is 1. The predicted octanol–water partition coefficient (Wildman–Crippen LogP) is 2.31. The molecule has 0 radical (unpaired) electrons. The van der Waals surface area contributed by atoms with Gasteiger partial charge in [0.1, 0.15) is 17.0 Å². The molecule has 0 aliphatic heterocycles. The number of anilines is 1. The Morgan fingerprint density at radius 1 is 1.29 bits per heavy atom. The fourth-order valence-corrected chi connectivity index (χ4v) is 1.24. The van der Waals surface area contributed by atoms with Gasteiger partial charge in [-0.3, -0.25) is 0 Å². The summed E-state index contributed by atoms with van der Waals surface area (Å²) in [6.45, 7) is 5.34. The summed E-state index contributed by atoms with van der Waals surface area (Å²) in [5.41, 5.74) is -0.124. The van der Waals surface area contributed by atoms with Crippen molar-refractivity contribution in [1.29, 1.82) is 0 Å². The van der Waals surface area contributed by atoms with Crippen LogP contribution in [0.25, 0.3) is 0 Å². The molecule has 2 N–H and O–H groups in total. The molecule has 5 heteroatoms. The van der Waals surface area contributed by atoms with E-state index in [4.69, 9.17) is 15.3 Å². The van der Waals surface area contributed by atoms with Crippen molar-refractivity contribution < 1.29 is 14.3 Å². The number of hydrogen-bond acceptors (Lipinski definition) is 4. The second-order valence-corrected chi connectivity index (χ2v) is 4.52. The van der Waals surface area contributed by atoms with E-state index in [1.807, 2.05) is 0 Å². The van der Waals surface area contributed by atoms with Gasteiger partial charge in [0.2, 0.25) is 0 Å². The van der Waals surface area contributed by atoms with Gasteiger partial charge in [0, 0.05) is 0 Å². The van der Waals surface area contributed by atoms with E-state index in [9.17, 15) is 4.79 Å². The number of hydrogen-bond donors (Lipinski definition) is 1. The third-order valence-corrected chi connectivity index (χ3v) is 1.93. The fourth-order valence-electron chi connectivity index (χ4n) is 1.24. The fraction of sp³-hybridized carbons (Fsp3) is 0.417. The maximum Gasteiger partial charge on any atom is 0.429 e. The Labute approximate surface area is 101 Å². The molecule has 0 saturated carbocycles. The first-order chi connectivity index (χ1) is 7.85. The zero-order valence-electron chi connectivity index (χ0n) is 10.6. The van der Waals surface area contributed by atoms with Crippen molar-refractivity contribution in [3.05, 3.63) is 24.3 Å². The van der Waals surface area contributed by atoms with Crippen LogP contribution in [-0.2, 0) is 4.74 Å². The highest BCUT2D eigenvalue weighted by Crippen LogP contribution is 2.26. The van der Waals surface area contributed by atoms with E-state index in [-0.39, 0.29) is 0 Å². The molecule has 0 aromatic heterocycles. The molecule has 1 rings (SSSR count). The molecule has 94 valence electrons. The minimum atomic E-state index is -0.623. The van der Waals surface area contributed by atoms with Crippen LogP contribution in [0.1, 0.15) is 20.8 Å². The van der Waals surface area contributed by atoms with E-state index in [1.165, 1.54) is 7.11 Å². The predicted molar refractivity (Wildman–Crippen MR) is 65.9 cm³/mol. The van der Waals surface area contributed by atoms with E-state index < -0.39 is 11.7 Å². The molecule has 17 heavy (non-hydrogen) atoms. The Morgan fingerprint density at radius 2 is 1.88 bits per heavy atom. The van der Waals surface area contributed by atoms with Crippen LogP contribution in [0.5, 0.6) is 5.75 Å². The highest BCUT2D eigenvalue weighted by Gasteiger charge is 2.22. The van der Waals surface area contributed by atoms with E-state index in [0.717, 1.165) is 5.01 Å². The summed E-state index contributed by atoms with van der Waals surface area (Å²) in [4.78, 5) is 11.8. The first-order valence-electron chi connectivity index (χ1n) is 5.26. The van der Waals surface area contributed by atoms with Crippen LogP contribution in [0.2, 0.25) is 0 Å². The molecular formula is C12H18N2O3. The number of para-hydroxylation sites is 2. The first-order valence-corrected chi connectivity index (χ1v) is 5.26. The average molecular weight is 238 g/mol. The van der Waals surface area contributed by atoms with Crippen molar-refractivity contribution in [3.8, 4) is 5.75 Å². The van der Waals surface area contributed by atoms with Gasteiger partial charge in [-0.05, 0) is 32.9 Å². The SMILES string of the molecule is COc1ccccc1N(N)C(=O)OC(C)(C)C. The molecule has 0 heterocycles. The number of ether oxygens (including phenoxy) is 2. The van der Waals surface area contributed by atoms with E-state index in [2.05, 4.69) is 0 Å². The molecule has 0 atom stereocenters. The van der Waals surface area contributed by atoms with E-state index in [1.54, 1.807) is 45.0 Å². The molecular weight excluding hydrogens is 220 g/mol. The summed E-state index contributed by atoms with van der Waals surface area (Å²) in [6, 6.07) is 6.97. The van der Waals surface area contributed by atoms with Crippen LogP contribution < -0.4 is 15.6 Å². The van der Waals surface area contributed by atoms with Gasteiger partial charge in [-0.25, -0.2) is 15.6 Å². The Bertz CT molecular complexity index is 399. The number of carbonyl (C=O) groups excluding carboxylic acids is 1. The van der Waals surface area contributed by atoms with Gasteiger partial charge in [0.25, 0.3) is 0 Å². The largest absolute Gasteiger partial charge is 0.495 e. The molecule has 1 aromatic carbocycles. The highest BCUT2D eigenvalue weighted by molar-refractivity contribution is 5.88. The van der Waals surface area contributed by atoms with Crippen molar-refractivity contribution in [1.82, 2.24) is 0 Å². The lowest BCUT2D eigenvalue weighted by Gasteiger charge is -2.24. The summed E-state index contributed by atoms with van der Waals surface area (Å²) >= 11 is 0. The van der Waals surface area contributed by atoms with Gasteiger partial charge >= 0.3 is 6.09 Å². The standard InChI is InChI=1S/C12H18N2O3/c1-12(2,3)17-11(15)14(13)9-7-5-6-8-10(9)16-4/h5-8H,13H2,1-4H3. The topological polar surface area (TPSA) is 64.8 Å². The number of methoxy groups -OCH3 is 1. The van der Waals surface area contributed by atoms with Gasteiger partial charge in [0.15, 0.2) is 0 Å². The summed E-state index contributed by atoms with van der Waals surface area (Å²) < 4.78 is 10.3. The number of amides is 1. The summed E-state index contributed by atoms with van der Waals surface area (Å²) in [6.07, 6.45) is -0.623. The third-order valence-electron chi connectivity index (χ3n) is 1.93. The smallest absolute Gasteiger partial charge is 0.429 e. The van der Waals surface area contributed by atoms with Crippen molar-refractivity contribution in [2.24, 2.45) is 5.84 Å². The molecule has 0 unspecified atom stereocenters. The number of carbonyl (C=O) groups is 1. The minimum absolute atomic E-state index is 0.462. The summed E-state index contributed by atoms with van der Waals surface area (Å²) in [5.74, 6) is 6.22. The van der Waals surface area contributed by atoms with Crippen LogP contribution in [-0.4, -0.2) is 18.8 Å². The molecule has 0 spiro atoms. The maximum atomic E-state index is 11.8. The Kier molecular flexibility index (Phi) is 3.96. The molecule has 1 aromatic rings. The monoisotopic (exact) mass is 238 g/mol. The van der Waals surface area contributed by atoms with Gasteiger partial charge in [-0.15, -0.1) is 0 Å². The second-order valence-electron chi connectivity index (χ2n) is 4.52. The van der Waals surface area contributed by atoms with Crippen LogP contribution in [0, 0.1) is 0 Å². The maximum absolute atomic E-state index is 11.8. The molecule has 1 amide bonds. The van der Waals surface area contributed by atoms with Crippen LogP contribution in [0.4, 0.5) is 10.5 Å². The van der Waals surface area contributed by atoms with Gasteiger partial charge in [-0.1, -0.05) is 12.1 Å². The molecule has 0 bridgehead atoms. The molecule has 5 nitrogen and oxygen atoms in total. The van der Waals surface area contributed by atoms with Crippen LogP contribution in [0.3, 0.4) is 0 Å². The lowest BCUT2D eigenvalue weighted by atomic mass is 10.2. The number of nitrogens with zero attached hydrogens (tertiary/aromatic N) is 1. The van der Waals surface area contributed by atoms with Crippen LogP contribution in [0.15, 0.2) is 24.3 Å². The zero-order valence-corrected chi connectivity index (χ0v) is 10.6. The summed E-state index contributed by atoms with van der Waals surface area (Å²) in [5, 5.41) is 0.935. The number of nitrogens with two attached hydrogens (primary N) is 1. The van der Waals surface area contributed by atoms with Crippen molar-refractivity contribution in [2.75, 3.05) is 12.1 Å². The third kappa shape index (κ3) is 3.64. The van der Waals surface area contributed by atoms with Gasteiger partial charge < -0.3 is 9.47 Å². The minimum Gasteiger partial charge on any atom is -0.495 e. The van der Waals surface area contributed by atoms with Crippen molar-refractivity contribution in [3.63, 3.8) is 0 Å². The first kappa shape index (κ1) is 13.3. The van der Waals surface area contributed by atoms with Crippen molar-refractivity contribution >= 4 is 11.8 Å². The molecule has 0 aliphatic rings. The van der Waals surface area contributed by atoms with E-state index >= 15 is 0 Å².